The fourth-order valence-electron chi connectivity index (χ4n) is 3.11. The highest BCUT2D eigenvalue weighted by Gasteiger charge is 2.18. The molecule has 0 aromatic heterocycles. The minimum Gasteiger partial charge on any atom is -0.377 e. The highest BCUT2D eigenvalue weighted by atomic mass is 16.1. The molecule has 126 valence electrons. The van der Waals surface area contributed by atoms with Crippen LogP contribution in [0.5, 0.6) is 0 Å². The SMILES string of the molecule is Cc1ccc(C(C)Nc2ccccc2N2CCN(C=O)CC2)cc1. The van der Waals surface area contributed by atoms with Gasteiger partial charge in [-0.1, -0.05) is 42.0 Å². The van der Waals surface area contributed by atoms with Crippen molar-refractivity contribution in [3.63, 3.8) is 0 Å². The first-order valence-corrected chi connectivity index (χ1v) is 8.54. The van der Waals surface area contributed by atoms with Gasteiger partial charge < -0.3 is 15.1 Å². The van der Waals surface area contributed by atoms with E-state index in [9.17, 15) is 4.79 Å². The second-order valence-electron chi connectivity index (χ2n) is 6.42. The van der Waals surface area contributed by atoms with Gasteiger partial charge in [-0.3, -0.25) is 4.79 Å². The number of benzene rings is 2. The van der Waals surface area contributed by atoms with E-state index in [0.717, 1.165) is 38.3 Å². The lowest BCUT2D eigenvalue weighted by molar-refractivity contribution is -0.118. The van der Waals surface area contributed by atoms with Crippen molar-refractivity contribution >= 4 is 17.8 Å². The predicted molar refractivity (Wildman–Crippen MR) is 99.5 cm³/mol. The molecule has 2 aromatic rings. The van der Waals surface area contributed by atoms with E-state index in [1.807, 2.05) is 4.90 Å². The quantitative estimate of drug-likeness (QED) is 0.856. The molecule has 1 unspecified atom stereocenters. The monoisotopic (exact) mass is 323 g/mol. The minimum atomic E-state index is 0.239. The van der Waals surface area contributed by atoms with Gasteiger partial charge in [0.05, 0.1) is 11.4 Å². The Kier molecular flexibility index (Phi) is 5.04. The topological polar surface area (TPSA) is 35.6 Å². The summed E-state index contributed by atoms with van der Waals surface area (Å²) in [6.45, 7) is 7.60. The number of para-hydroxylation sites is 2. The summed E-state index contributed by atoms with van der Waals surface area (Å²) < 4.78 is 0. The van der Waals surface area contributed by atoms with Gasteiger partial charge in [0, 0.05) is 32.2 Å². The van der Waals surface area contributed by atoms with Gasteiger partial charge >= 0.3 is 0 Å². The Bertz CT molecular complexity index is 676. The van der Waals surface area contributed by atoms with E-state index in [4.69, 9.17) is 0 Å². The van der Waals surface area contributed by atoms with Gasteiger partial charge in [0.2, 0.25) is 6.41 Å². The molecule has 1 heterocycles. The summed E-state index contributed by atoms with van der Waals surface area (Å²) in [6, 6.07) is 17.3. The number of piperazine rings is 1. The second-order valence-corrected chi connectivity index (χ2v) is 6.42. The molecule has 0 bridgehead atoms. The zero-order chi connectivity index (χ0) is 16.9. The number of hydrogen-bond acceptors (Lipinski definition) is 3. The molecule has 2 aromatic carbocycles. The molecule has 3 rings (SSSR count). The van der Waals surface area contributed by atoms with Crippen LogP contribution < -0.4 is 10.2 Å². The lowest BCUT2D eigenvalue weighted by Crippen LogP contribution is -2.45. The number of carbonyl (C=O) groups excluding carboxylic acids is 1. The number of anilines is 2. The smallest absolute Gasteiger partial charge is 0.209 e. The lowest BCUT2D eigenvalue weighted by atomic mass is 10.1. The van der Waals surface area contributed by atoms with Gasteiger partial charge in [0.15, 0.2) is 0 Å². The van der Waals surface area contributed by atoms with Crippen LogP contribution in [0.1, 0.15) is 24.1 Å². The number of hydrogen-bond donors (Lipinski definition) is 1. The first kappa shape index (κ1) is 16.4. The number of nitrogens with zero attached hydrogens (tertiary/aromatic N) is 2. The Hall–Kier alpha value is -2.49. The van der Waals surface area contributed by atoms with Crippen molar-refractivity contribution in [2.24, 2.45) is 0 Å². The van der Waals surface area contributed by atoms with Crippen LogP contribution in [0, 0.1) is 6.92 Å². The van der Waals surface area contributed by atoms with E-state index in [0.29, 0.717) is 0 Å². The fourth-order valence-corrected chi connectivity index (χ4v) is 3.11. The van der Waals surface area contributed by atoms with E-state index in [1.54, 1.807) is 0 Å². The average molecular weight is 323 g/mol. The van der Waals surface area contributed by atoms with Crippen LogP contribution in [0.2, 0.25) is 0 Å². The maximum atomic E-state index is 10.9. The highest BCUT2D eigenvalue weighted by Crippen LogP contribution is 2.30. The third kappa shape index (κ3) is 3.70. The molecular weight excluding hydrogens is 298 g/mol. The van der Waals surface area contributed by atoms with Crippen LogP contribution in [0.3, 0.4) is 0 Å². The summed E-state index contributed by atoms with van der Waals surface area (Å²) in [7, 11) is 0. The first-order valence-electron chi connectivity index (χ1n) is 8.54. The number of rotatable bonds is 5. The number of aryl methyl sites for hydroxylation is 1. The molecule has 24 heavy (non-hydrogen) atoms. The Balaban J connectivity index is 1.74. The minimum absolute atomic E-state index is 0.239. The summed E-state index contributed by atoms with van der Waals surface area (Å²) in [5.41, 5.74) is 4.91. The van der Waals surface area contributed by atoms with Crippen LogP contribution in [-0.2, 0) is 4.79 Å². The first-order chi connectivity index (χ1) is 11.7. The molecule has 1 saturated heterocycles. The third-order valence-corrected chi connectivity index (χ3v) is 4.66. The van der Waals surface area contributed by atoms with Crippen molar-refractivity contribution < 1.29 is 4.79 Å². The molecule has 1 fully saturated rings. The Labute approximate surface area is 144 Å². The summed E-state index contributed by atoms with van der Waals surface area (Å²) in [5.74, 6) is 0. The summed E-state index contributed by atoms with van der Waals surface area (Å²) in [4.78, 5) is 15.1. The molecule has 0 spiro atoms. The van der Waals surface area contributed by atoms with Crippen LogP contribution in [0.4, 0.5) is 11.4 Å². The van der Waals surface area contributed by atoms with Crippen molar-refractivity contribution in [2.75, 3.05) is 36.4 Å². The zero-order valence-corrected chi connectivity index (χ0v) is 14.4. The predicted octanol–water partition coefficient (Wildman–Crippen LogP) is 3.45. The Morgan fingerprint density at radius 3 is 2.33 bits per heavy atom. The maximum Gasteiger partial charge on any atom is 0.209 e. The molecule has 1 aliphatic rings. The molecule has 0 saturated carbocycles. The van der Waals surface area contributed by atoms with Crippen molar-refractivity contribution in [3.8, 4) is 0 Å². The zero-order valence-electron chi connectivity index (χ0n) is 14.4. The van der Waals surface area contributed by atoms with Gasteiger partial charge in [0.25, 0.3) is 0 Å². The van der Waals surface area contributed by atoms with Crippen molar-refractivity contribution in [3.05, 3.63) is 59.7 Å². The molecule has 4 nitrogen and oxygen atoms in total. The van der Waals surface area contributed by atoms with Gasteiger partial charge in [-0.25, -0.2) is 0 Å². The Morgan fingerprint density at radius 1 is 1.00 bits per heavy atom. The average Bonchev–Trinajstić information content (AvgIpc) is 2.63. The normalized spacial score (nSPS) is 15.9. The number of nitrogens with one attached hydrogen (secondary N) is 1. The standard InChI is InChI=1S/C20H25N3O/c1-16-7-9-18(10-8-16)17(2)21-19-5-3-4-6-20(19)23-13-11-22(15-24)12-14-23/h3-10,15,17,21H,11-14H2,1-2H3. The fraction of sp³-hybridized carbons (Fsp3) is 0.350. The van der Waals surface area contributed by atoms with E-state index < -0.39 is 0 Å². The second kappa shape index (κ2) is 7.39. The van der Waals surface area contributed by atoms with Crippen molar-refractivity contribution in [2.45, 2.75) is 19.9 Å². The molecule has 1 amide bonds. The molecule has 1 aliphatic heterocycles. The van der Waals surface area contributed by atoms with Gasteiger partial charge in [-0.2, -0.15) is 0 Å². The molecule has 4 heteroatoms. The van der Waals surface area contributed by atoms with E-state index in [2.05, 4.69) is 72.6 Å². The maximum absolute atomic E-state index is 10.9. The summed E-state index contributed by atoms with van der Waals surface area (Å²) in [5, 5.41) is 3.64. The molecule has 0 aliphatic carbocycles. The van der Waals surface area contributed by atoms with Crippen LogP contribution in [0.15, 0.2) is 48.5 Å². The van der Waals surface area contributed by atoms with Crippen LogP contribution >= 0.6 is 0 Å². The van der Waals surface area contributed by atoms with Gasteiger partial charge in [-0.15, -0.1) is 0 Å². The summed E-state index contributed by atoms with van der Waals surface area (Å²) >= 11 is 0. The van der Waals surface area contributed by atoms with E-state index >= 15 is 0 Å². The van der Waals surface area contributed by atoms with Gasteiger partial charge in [0.1, 0.15) is 0 Å². The largest absolute Gasteiger partial charge is 0.377 e. The van der Waals surface area contributed by atoms with Crippen molar-refractivity contribution in [1.82, 2.24) is 4.90 Å². The molecule has 1 atom stereocenters. The Morgan fingerprint density at radius 2 is 1.67 bits per heavy atom. The van der Waals surface area contributed by atoms with E-state index in [-0.39, 0.29) is 6.04 Å². The van der Waals surface area contributed by atoms with Crippen molar-refractivity contribution in [1.29, 1.82) is 0 Å². The molecule has 1 N–H and O–H groups in total. The highest BCUT2D eigenvalue weighted by molar-refractivity contribution is 5.71. The lowest BCUT2D eigenvalue weighted by Gasteiger charge is -2.35. The number of amides is 1. The summed E-state index contributed by atoms with van der Waals surface area (Å²) in [6.07, 6.45) is 0.945. The molecular formula is C20H25N3O. The van der Waals surface area contributed by atoms with Crippen LogP contribution in [0.25, 0.3) is 0 Å². The molecule has 0 radical (unpaired) electrons. The number of carbonyl (C=O) groups is 1. The van der Waals surface area contributed by atoms with Gasteiger partial charge in [-0.05, 0) is 31.5 Å². The van der Waals surface area contributed by atoms with Crippen LogP contribution in [-0.4, -0.2) is 37.5 Å². The van der Waals surface area contributed by atoms with E-state index in [1.165, 1.54) is 16.8 Å². The third-order valence-electron chi connectivity index (χ3n) is 4.66.